The van der Waals surface area contributed by atoms with Gasteiger partial charge in [-0.3, -0.25) is 14.3 Å². The molecule has 1 fully saturated rings. The van der Waals surface area contributed by atoms with Crippen LogP contribution in [-0.4, -0.2) is 56.7 Å². The van der Waals surface area contributed by atoms with Crippen molar-refractivity contribution in [2.75, 3.05) is 19.9 Å². The van der Waals surface area contributed by atoms with E-state index in [2.05, 4.69) is 15.5 Å². The highest BCUT2D eigenvalue weighted by Gasteiger charge is 2.31. The number of rotatable bonds is 6. The molecule has 3 amide bonds. The standard InChI is InChI=1S/C22H21N5O4S/c1-14(20(28)26-10-9-23-21(26)29)32-22-25-24-19(16-5-3-2-4-6-16)27(22)12-15-7-8-17-18(11-15)31-13-30-17/h2-8,11,14H,9-10,12-13H2,1H3,(H,23,29). The third kappa shape index (κ3) is 3.89. The van der Waals surface area contributed by atoms with Crippen LogP contribution in [0.4, 0.5) is 4.79 Å². The first kappa shape index (κ1) is 20.4. The molecule has 164 valence electrons. The second-order valence-corrected chi connectivity index (χ2v) is 8.74. The fourth-order valence-corrected chi connectivity index (χ4v) is 4.56. The number of nitrogens with zero attached hydrogens (tertiary/aromatic N) is 4. The van der Waals surface area contributed by atoms with Crippen molar-refractivity contribution in [3.63, 3.8) is 0 Å². The summed E-state index contributed by atoms with van der Waals surface area (Å²) >= 11 is 1.29. The maximum Gasteiger partial charge on any atom is 0.324 e. The summed E-state index contributed by atoms with van der Waals surface area (Å²) in [5, 5.41) is 11.6. The lowest BCUT2D eigenvalue weighted by Gasteiger charge is -2.18. The Bertz CT molecular complexity index is 1170. The first-order valence-electron chi connectivity index (χ1n) is 10.2. The molecule has 32 heavy (non-hydrogen) atoms. The number of ether oxygens (including phenoxy) is 2. The summed E-state index contributed by atoms with van der Waals surface area (Å²) in [6.45, 7) is 3.33. The number of nitrogens with one attached hydrogen (secondary N) is 1. The van der Waals surface area contributed by atoms with Gasteiger partial charge in [-0.2, -0.15) is 0 Å². The highest BCUT2D eigenvalue weighted by molar-refractivity contribution is 8.00. The van der Waals surface area contributed by atoms with E-state index in [1.807, 2.05) is 53.1 Å². The fourth-order valence-electron chi connectivity index (χ4n) is 3.65. The largest absolute Gasteiger partial charge is 0.454 e. The van der Waals surface area contributed by atoms with Crippen LogP contribution in [0.25, 0.3) is 11.4 Å². The number of carbonyl (C=O) groups is 2. The minimum Gasteiger partial charge on any atom is -0.454 e. The second kappa shape index (κ2) is 8.54. The van der Waals surface area contributed by atoms with Crippen LogP contribution < -0.4 is 14.8 Å². The molecule has 2 aliphatic rings. The van der Waals surface area contributed by atoms with Gasteiger partial charge in [0.15, 0.2) is 22.5 Å². The predicted octanol–water partition coefficient (Wildman–Crippen LogP) is 2.75. The van der Waals surface area contributed by atoms with Crippen molar-refractivity contribution in [3.05, 3.63) is 54.1 Å². The van der Waals surface area contributed by atoms with Gasteiger partial charge in [0, 0.05) is 18.7 Å². The zero-order valence-electron chi connectivity index (χ0n) is 17.4. The normalized spacial score (nSPS) is 15.7. The van der Waals surface area contributed by atoms with E-state index in [0.29, 0.717) is 36.4 Å². The van der Waals surface area contributed by atoms with Crippen molar-refractivity contribution >= 4 is 23.7 Å². The molecule has 9 nitrogen and oxygen atoms in total. The van der Waals surface area contributed by atoms with Gasteiger partial charge in [-0.25, -0.2) is 4.79 Å². The van der Waals surface area contributed by atoms with Gasteiger partial charge in [-0.15, -0.1) is 10.2 Å². The van der Waals surface area contributed by atoms with Gasteiger partial charge < -0.3 is 14.8 Å². The molecule has 3 heterocycles. The molecular formula is C22H21N5O4S. The molecule has 1 N–H and O–H groups in total. The Morgan fingerprint density at radius 3 is 2.75 bits per heavy atom. The van der Waals surface area contributed by atoms with Crippen LogP contribution in [0.3, 0.4) is 0 Å². The van der Waals surface area contributed by atoms with E-state index in [-0.39, 0.29) is 18.7 Å². The van der Waals surface area contributed by atoms with Crippen LogP contribution >= 0.6 is 11.8 Å². The molecule has 2 aliphatic heterocycles. The van der Waals surface area contributed by atoms with E-state index >= 15 is 0 Å². The summed E-state index contributed by atoms with van der Waals surface area (Å²) in [4.78, 5) is 25.9. The number of fused-ring (bicyclic) bond motifs is 1. The van der Waals surface area contributed by atoms with Crippen molar-refractivity contribution in [2.45, 2.75) is 23.9 Å². The molecule has 0 radical (unpaired) electrons. The van der Waals surface area contributed by atoms with Crippen LogP contribution in [0.15, 0.2) is 53.7 Å². The number of hydrogen-bond acceptors (Lipinski definition) is 7. The summed E-state index contributed by atoms with van der Waals surface area (Å²) in [6, 6.07) is 15.2. The number of thioether (sulfide) groups is 1. The quantitative estimate of drug-likeness (QED) is 0.576. The van der Waals surface area contributed by atoms with E-state index in [4.69, 9.17) is 9.47 Å². The Labute approximate surface area is 188 Å². The van der Waals surface area contributed by atoms with Crippen molar-refractivity contribution in [2.24, 2.45) is 0 Å². The summed E-state index contributed by atoms with van der Waals surface area (Å²) in [6.07, 6.45) is 0. The number of benzene rings is 2. The van der Waals surface area contributed by atoms with Gasteiger partial charge in [0.2, 0.25) is 12.7 Å². The van der Waals surface area contributed by atoms with Crippen LogP contribution in [0.1, 0.15) is 12.5 Å². The lowest BCUT2D eigenvalue weighted by atomic mass is 10.2. The Balaban J connectivity index is 1.45. The molecule has 0 bridgehead atoms. The molecule has 1 saturated heterocycles. The van der Waals surface area contributed by atoms with E-state index in [9.17, 15) is 9.59 Å². The van der Waals surface area contributed by atoms with Crippen molar-refractivity contribution in [1.29, 1.82) is 0 Å². The highest BCUT2D eigenvalue weighted by Crippen LogP contribution is 2.34. The average Bonchev–Trinajstić information content (AvgIpc) is 3.54. The zero-order valence-corrected chi connectivity index (χ0v) is 18.2. The van der Waals surface area contributed by atoms with Gasteiger partial charge in [0.1, 0.15) is 0 Å². The Morgan fingerprint density at radius 1 is 1.16 bits per heavy atom. The van der Waals surface area contributed by atoms with Crippen molar-refractivity contribution < 1.29 is 19.1 Å². The van der Waals surface area contributed by atoms with Crippen LogP contribution in [-0.2, 0) is 11.3 Å². The minimum absolute atomic E-state index is 0.214. The second-order valence-electron chi connectivity index (χ2n) is 7.43. The van der Waals surface area contributed by atoms with E-state index in [1.54, 1.807) is 6.92 Å². The molecule has 0 aliphatic carbocycles. The lowest BCUT2D eigenvalue weighted by Crippen LogP contribution is -2.39. The SMILES string of the molecule is CC(Sc1nnc(-c2ccccc2)n1Cc1ccc2c(c1)OCO2)C(=O)N1CCNC1=O. The summed E-state index contributed by atoms with van der Waals surface area (Å²) in [7, 11) is 0. The van der Waals surface area contributed by atoms with Crippen LogP contribution in [0, 0.1) is 0 Å². The maximum atomic E-state index is 12.8. The average molecular weight is 452 g/mol. The van der Waals surface area contributed by atoms with Gasteiger partial charge in [-0.1, -0.05) is 48.2 Å². The molecule has 10 heteroatoms. The molecule has 2 aromatic carbocycles. The van der Waals surface area contributed by atoms with Crippen molar-refractivity contribution in [1.82, 2.24) is 25.0 Å². The molecule has 1 aromatic heterocycles. The molecular weight excluding hydrogens is 430 g/mol. The van der Waals surface area contributed by atoms with Crippen LogP contribution in [0.5, 0.6) is 11.5 Å². The fraction of sp³-hybridized carbons (Fsp3) is 0.273. The first-order chi connectivity index (χ1) is 15.6. The summed E-state index contributed by atoms with van der Waals surface area (Å²) in [5.74, 6) is 1.88. The third-order valence-corrected chi connectivity index (χ3v) is 6.35. The minimum atomic E-state index is -0.498. The monoisotopic (exact) mass is 451 g/mol. The van der Waals surface area contributed by atoms with Gasteiger partial charge in [0.25, 0.3) is 0 Å². The van der Waals surface area contributed by atoms with E-state index in [1.165, 1.54) is 16.7 Å². The number of amides is 3. The zero-order chi connectivity index (χ0) is 22.1. The van der Waals surface area contributed by atoms with Gasteiger partial charge in [-0.05, 0) is 24.6 Å². The Hall–Kier alpha value is -3.53. The van der Waals surface area contributed by atoms with E-state index in [0.717, 1.165) is 16.9 Å². The third-order valence-electron chi connectivity index (χ3n) is 5.28. The molecule has 1 atom stereocenters. The Kier molecular flexibility index (Phi) is 5.44. The molecule has 0 saturated carbocycles. The first-order valence-corrected chi connectivity index (χ1v) is 11.1. The number of aromatic nitrogens is 3. The van der Waals surface area contributed by atoms with Gasteiger partial charge in [0.05, 0.1) is 11.8 Å². The number of imide groups is 1. The maximum absolute atomic E-state index is 12.8. The Morgan fingerprint density at radius 2 is 1.97 bits per heavy atom. The topological polar surface area (TPSA) is 98.6 Å². The van der Waals surface area contributed by atoms with Crippen LogP contribution in [0.2, 0.25) is 0 Å². The summed E-state index contributed by atoms with van der Waals surface area (Å²) < 4.78 is 12.9. The predicted molar refractivity (Wildman–Crippen MR) is 118 cm³/mol. The number of hydrogen-bond donors (Lipinski definition) is 1. The van der Waals surface area contributed by atoms with Gasteiger partial charge >= 0.3 is 6.03 Å². The van der Waals surface area contributed by atoms with Crippen molar-refractivity contribution in [3.8, 4) is 22.9 Å². The molecule has 1 unspecified atom stereocenters. The molecule has 0 spiro atoms. The molecule has 3 aromatic rings. The molecule has 5 rings (SSSR count). The number of urea groups is 1. The summed E-state index contributed by atoms with van der Waals surface area (Å²) in [5.41, 5.74) is 1.91. The lowest BCUT2D eigenvalue weighted by molar-refractivity contribution is -0.126. The highest BCUT2D eigenvalue weighted by atomic mass is 32.2. The number of carbonyl (C=O) groups excluding carboxylic acids is 2. The smallest absolute Gasteiger partial charge is 0.324 e. The van der Waals surface area contributed by atoms with E-state index < -0.39 is 5.25 Å².